The molecule has 3 nitrogen and oxygen atoms in total. The summed E-state index contributed by atoms with van der Waals surface area (Å²) >= 11 is 0. The van der Waals surface area contributed by atoms with E-state index in [-0.39, 0.29) is 0 Å². The molecule has 0 atom stereocenters. The monoisotopic (exact) mass is 649 g/mol. The Morgan fingerprint density at radius 2 is 0.961 bits per heavy atom. The highest BCUT2D eigenvalue weighted by Crippen LogP contribution is 2.36. The van der Waals surface area contributed by atoms with Gasteiger partial charge in [0.1, 0.15) is 5.52 Å². The van der Waals surface area contributed by atoms with Crippen LogP contribution >= 0.6 is 0 Å². The number of nitrogens with zero attached hydrogens (tertiary/aromatic N) is 3. The molecule has 8 aromatic carbocycles. The fourth-order valence-corrected chi connectivity index (χ4v) is 7.53. The van der Waals surface area contributed by atoms with Gasteiger partial charge in [0.15, 0.2) is 5.65 Å². The van der Waals surface area contributed by atoms with E-state index < -0.39 is 0 Å². The largest absolute Gasteiger partial charge is 0.293 e. The van der Waals surface area contributed by atoms with Gasteiger partial charge >= 0.3 is 0 Å². The molecule has 0 unspecified atom stereocenters. The van der Waals surface area contributed by atoms with Crippen molar-refractivity contribution in [3.8, 4) is 50.2 Å². The lowest BCUT2D eigenvalue weighted by atomic mass is 9.93. The zero-order valence-electron chi connectivity index (χ0n) is 27.7. The number of hydrogen-bond donors (Lipinski definition) is 0. The van der Waals surface area contributed by atoms with Gasteiger partial charge in [-0.05, 0) is 85.6 Å². The van der Waals surface area contributed by atoms with Crippen LogP contribution in [-0.2, 0) is 0 Å². The Morgan fingerprint density at radius 1 is 0.353 bits per heavy atom. The highest BCUT2D eigenvalue weighted by Gasteiger charge is 2.17. The average molecular weight is 650 g/mol. The molecule has 3 heteroatoms. The lowest BCUT2D eigenvalue weighted by Crippen LogP contribution is -1.97. The van der Waals surface area contributed by atoms with Gasteiger partial charge in [0.05, 0.1) is 16.6 Å². The van der Waals surface area contributed by atoms with Crippen molar-refractivity contribution in [2.24, 2.45) is 0 Å². The van der Waals surface area contributed by atoms with E-state index in [4.69, 9.17) is 9.97 Å². The van der Waals surface area contributed by atoms with E-state index in [1.807, 2.05) is 0 Å². The van der Waals surface area contributed by atoms with Crippen LogP contribution in [0, 0.1) is 0 Å². The molecular formula is C48H31N3. The van der Waals surface area contributed by atoms with Gasteiger partial charge in [0.25, 0.3) is 0 Å². The first-order chi connectivity index (χ1) is 25.3. The summed E-state index contributed by atoms with van der Waals surface area (Å²) in [6.45, 7) is 0. The van der Waals surface area contributed by atoms with Crippen molar-refractivity contribution in [2.75, 3.05) is 0 Å². The standard InChI is InChI=1S/C48H31N3/c1-3-12-33(13-4-1)39-17-7-8-18-40(39)35-24-22-32(23-25-35)36-26-29-44-45(31-36)49-47-43-19-9-10-21-46(43)51(48(47)50-44)38-27-28-42-37(30-38)16-11-20-41(42)34-14-5-2-6-15-34/h1-31H. The molecule has 0 N–H and O–H groups in total. The summed E-state index contributed by atoms with van der Waals surface area (Å²) in [6.07, 6.45) is 0. The minimum absolute atomic E-state index is 0.858. The van der Waals surface area contributed by atoms with Crippen molar-refractivity contribution in [1.29, 1.82) is 0 Å². The number of aromatic nitrogens is 3. The summed E-state index contributed by atoms with van der Waals surface area (Å²) < 4.78 is 2.26. The van der Waals surface area contributed by atoms with Crippen molar-refractivity contribution in [2.45, 2.75) is 0 Å². The second-order valence-electron chi connectivity index (χ2n) is 13.0. The minimum Gasteiger partial charge on any atom is -0.293 e. The second kappa shape index (κ2) is 11.9. The molecule has 0 bridgehead atoms. The molecular weight excluding hydrogens is 619 g/mol. The number of rotatable bonds is 5. The summed E-state index contributed by atoms with van der Waals surface area (Å²) in [5.41, 5.74) is 15.3. The van der Waals surface area contributed by atoms with Crippen molar-refractivity contribution in [3.63, 3.8) is 0 Å². The van der Waals surface area contributed by atoms with Crippen molar-refractivity contribution < 1.29 is 0 Å². The predicted molar refractivity (Wildman–Crippen MR) is 213 cm³/mol. The Hall–Kier alpha value is -6.84. The van der Waals surface area contributed by atoms with Crippen LogP contribution in [0.2, 0.25) is 0 Å². The van der Waals surface area contributed by atoms with Gasteiger partial charge in [-0.2, -0.15) is 0 Å². The van der Waals surface area contributed by atoms with Gasteiger partial charge in [0, 0.05) is 11.1 Å². The third-order valence-corrected chi connectivity index (χ3v) is 10.0. The maximum atomic E-state index is 5.28. The highest BCUT2D eigenvalue weighted by atomic mass is 15.1. The third-order valence-electron chi connectivity index (χ3n) is 10.0. The molecule has 2 aromatic heterocycles. The van der Waals surface area contributed by atoms with Gasteiger partial charge in [-0.3, -0.25) is 4.57 Å². The fraction of sp³-hybridized carbons (Fsp3) is 0. The average Bonchev–Trinajstić information content (AvgIpc) is 3.53. The third kappa shape index (κ3) is 4.98. The van der Waals surface area contributed by atoms with Gasteiger partial charge in [-0.15, -0.1) is 0 Å². The Kier molecular flexibility index (Phi) is 6.81. The Balaban J connectivity index is 1.06. The Morgan fingerprint density at radius 3 is 1.73 bits per heavy atom. The molecule has 2 heterocycles. The summed E-state index contributed by atoms with van der Waals surface area (Å²) in [7, 11) is 0. The van der Waals surface area contributed by atoms with Crippen LogP contribution in [0.5, 0.6) is 0 Å². The number of benzene rings is 8. The van der Waals surface area contributed by atoms with E-state index in [0.29, 0.717) is 0 Å². The molecule has 10 rings (SSSR count). The first-order valence-electron chi connectivity index (χ1n) is 17.3. The second-order valence-corrected chi connectivity index (χ2v) is 13.0. The summed E-state index contributed by atoms with van der Waals surface area (Å²) in [6, 6.07) is 66.8. The van der Waals surface area contributed by atoms with E-state index >= 15 is 0 Å². The lowest BCUT2D eigenvalue weighted by molar-refractivity contribution is 1.14. The van der Waals surface area contributed by atoms with E-state index in [9.17, 15) is 0 Å². The number of para-hydroxylation sites is 1. The van der Waals surface area contributed by atoms with Crippen LogP contribution in [0.15, 0.2) is 188 Å². The van der Waals surface area contributed by atoms with Crippen molar-refractivity contribution in [1.82, 2.24) is 14.5 Å². The molecule has 238 valence electrons. The normalized spacial score (nSPS) is 11.5. The van der Waals surface area contributed by atoms with E-state index in [1.54, 1.807) is 0 Å². The van der Waals surface area contributed by atoms with E-state index in [0.717, 1.165) is 49.9 Å². The molecule has 0 saturated heterocycles. The predicted octanol–water partition coefficient (Wildman–Crippen LogP) is 12.5. The van der Waals surface area contributed by atoms with Gasteiger partial charge < -0.3 is 0 Å². The number of hydrogen-bond acceptors (Lipinski definition) is 2. The molecule has 0 radical (unpaired) electrons. The maximum Gasteiger partial charge on any atom is 0.165 e. The molecule has 0 aliphatic heterocycles. The van der Waals surface area contributed by atoms with Crippen LogP contribution in [0.25, 0.3) is 94.1 Å². The Labute approximate surface area is 295 Å². The minimum atomic E-state index is 0.858. The van der Waals surface area contributed by atoms with E-state index in [1.165, 1.54) is 44.2 Å². The lowest BCUT2D eigenvalue weighted by Gasteiger charge is -2.12. The van der Waals surface area contributed by atoms with Crippen molar-refractivity contribution >= 4 is 43.9 Å². The van der Waals surface area contributed by atoms with Gasteiger partial charge in [-0.25, -0.2) is 9.97 Å². The smallest absolute Gasteiger partial charge is 0.165 e. The molecule has 0 saturated carbocycles. The zero-order valence-corrected chi connectivity index (χ0v) is 27.7. The van der Waals surface area contributed by atoms with Gasteiger partial charge in [0.2, 0.25) is 0 Å². The van der Waals surface area contributed by atoms with Crippen molar-refractivity contribution in [3.05, 3.63) is 188 Å². The van der Waals surface area contributed by atoms with Gasteiger partial charge in [-0.1, -0.05) is 158 Å². The molecule has 0 spiro atoms. The fourth-order valence-electron chi connectivity index (χ4n) is 7.53. The van der Waals surface area contributed by atoms with Crippen LogP contribution in [0.1, 0.15) is 0 Å². The van der Waals surface area contributed by atoms with Crippen LogP contribution in [0.3, 0.4) is 0 Å². The molecule has 0 fully saturated rings. The zero-order chi connectivity index (χ0) is 33.7. The SMILES string of the molecule is c1ccc(-c2ccccc2-c2ccc(-c3ccc4nc5c(nc4c3)c3ccccc3n5-c3ccc4c(-c5ccccc5)cccc4c3)cc2)cc1. The molecule has 0 aliphatic rings. The molecule has 51 heavy (non-hydrogen) atoms. The molecule has 0 amide bonds. The van der Waals surface area contributed by atoms with Crippen LogP contribution in [-0.4, -0.2) is 14.5 Å². The summed E-state index contributed by atoms with van der Waals surface area (Å²) in [4.78, 5) is 10.5. The topological polar surface area (TPSA) is 30.7 Å². The highest BCUT2D eigenvalue weighted by molar-refractivity contribution is 6.08. The van der Waals surface area contributed by atoms with Crippen LogP contribution in [0.4, 0.5) is 0 Å². The van der Waals surface area contributed by atoms with Crippen LogP contribution < -0.4 is 0 Å². The first-order valence-corrected chi connectivity index (χ1v) is 17.3. The number of fused-ring (bicyclic) bond motifs is 5. The van der Waals surface area contributed by atoms with E-state index in [2.05, 4.69) is 193 Å². The molecule has 0 aliphatic carbocycles. The summed E-state index contributed by atoms with van der Waals surface area (Å²) in [5, 5.41) is 3.50. The summed E-state index contributed by atoms with van der Waals surface area (Å²) in [5.74, 6) is 0. The first kappa shape index (κ1) is 29.1. The molecule has 10 aromatic rings. The maximum absolute atomic E-state index is 5.28. The quantitative estimate of drug-likeness (QED) is 0.186. The Bertz CT molecular complexity index is 2890.